The summed E-state index contributed by atoms with van der Waals surface area (Å²) in [5, 5.41) is 11.1. The van der Waals surface area contributed by atoms with Gasteiger partial charge in [0.25, 0.3) is 0 Å². The molecule has 1 fully saturated rings. The minimum Gasteiger partial charge on any atom is -0.319 e. The van der Waals surface area contributed by atoms with E-state index in [1.54, 1.807) is 10.9 Å². The lowest BCUT2D eigenvalue weighted by Crippen LogP contribution is -2.44. The zero-order valence-electron chi connectivity index (χ0n) is 13.0. The molecule has 0 aromatic carbocycles. The van der Waals surface area contributed by atoms with Crippen molar-refractivity contribution in [3.05, 3.63) is 12.2 Å². The van der Waals surface area contributed by atoms with Crippen LogP contribution in [0.4, 0.5) is 0 Å². The molecule has 0 radical (unpaired) electrons. The van der Waals surface area contributed by atoms with Gasteiger partial charge in [-0.2, -0.15) is 0 Å². The van der Waals surface area contributed by atoms with Crippen LogP contribution in [0, 0.1) is 0 Å². The highest BCUT2D eigenvalue weighted by Gasteiger charge is 2.41. The van der Waals surface area contributed by atoms with Crippen LogP contribution in [-0.2, 0) is 16.6 Å². The van der Waals surface area contributed by atoms with Gasteiger partial charge in [-0.15, -0.1) is 10.2 Å². The lowest BCUT2D eigenvalue weighted by Gasteiger charge is -2.25. The van der Waals surface area contributed by atoms with E-state index in [4.69, 9.17) is 0 Å². The highest BCUT2D eigenvalue weighted by atomic mass is 16.2. The molecule has 21 heavy (non-hydrogen) atoms. The standard InChI is InChI=1S/C14H23N5O2/c1-5-10(6-2)19-12(20)7-11(14(19)21)16-9(3)13-17-15-8-18(13)4/h8-11,16H,5-7H2,1-4H3. The summed E-state index contributed by atoms with van der Waals surface area (Å²) in [6.07, 6.45) is 3.42. The van der Waals surface area contributed by atoms with Crippen molar-refractivity contribution in [3.63, 3.8) is 0 Å². The Kier molecular flexibility index (Phi) is 4.72. The highest BCUT2D eigenvalue weighted by Crippen LogP contribution is 2.22. The van der Waals surface area contributed by atoms with Gasteiger partial charge in [0.15, 0.2) is 0 Å². The summed E-state index contributed by atoms with van der Waals surface area (Å²) in [5.41, 5.74) is 0. The van der Waals surface area contributed by atoms with Crippen molar-refractivity contribution in [2.24, 2.45) is 7.05 Å². The van der Waals surface area contributed by atoms with Crippen molar-refractivity contribution >= 4 is 11.8 Å². The summed E-state index contributed by atoms with van der Waals surface area (Å²) < 4.78 is 1.80. The van der Waals surface area contributed by atoms with Gasteiger partial charge in [0.05, 0.1) is 18.5 Å². The van der Waals surface area contributed by atoms with Crippen LogP contribution in [0.5, 0.6) is 0 Å². The number of amides is 2. The maximum Gasteiger partial charge on any atom is 0.247 e. The molecule has 7 heteroatoms. The summed E-state index contributed by atoms with van der Waals surface area (Å²) in [6, 6.07) is -0.604. The van der Waals surface area contributed by atoms with Gasteiger partial charge >= 0.3 is 0 Å². The molecule has 2 unspecified atom stereocenters. The van der Waals surface area contributed by atoms with Gasteiger partial charge in [-0.3, -0.25) is 19.8 Å². The molecule has 2 heterocycles. The van der Waals surface area contributed by atoms with E-state index in [2.05, 4.69) is 15.5 Å². The summed E-state index contributed by atoms with van der Waals surface area (Å²) in [7, 11) is 1.85. The van der Waals surface area contributed by atoms with Crippen LogP contribution in [0.25, 0.3) is 0 Å². The zero-order valence-corrected chi connectivity index (χ0v) is 13.0. The van der Waals surface area contributed by atoms with Gasteiger partial charge in [0.2, 0.25) is 11.8 Å². The predicted octanol–water partition coefficient (Wildman–Crippen LogP) is 0.782. The topological polar surface area (TPSA) is 80.1 Å². The van der Waals surface area contributed by atoms with Gasteiger partial charge in [0, 0.05) is 13.1 Å². The number of nitrogens with zero attached hydrogens (tertiary/aromatic N) is 4. The monoisotopic (exact) mass is 293 g/mol. The molecular formula is C14H23N5O2. The fourth-order valence-electron chi connectivity index (χ4n) is 2.88. The SMILES string of the molecule is CCC(CC)N1C(=O)CC(NC(C)c2nncn2C)C1=O. The number of likely N-dealkylation sites (tertiary alicyclic amines) is 1. The molecule has 1 aromatic heterocycles. The fraction of sp³-hybridized carbons (Fsp3) is 0.714. The lowest BCUT2D eigenvalue weighted by atomic mass is 10.1. The third-order valence-electron chi connectivity index (χ3n) is 4.08. The maximum atomic E-state index is 12.5. The molecule has 1 aliphatic rings. The van der Waals surface area contributed by atoms with Crippen LogP contribution in [0.2, 0.25) is 0 Å². The van der Waals surface area contributed by atoms with Crippen molar-refractivity contribution in [1.29, 1.82) is 0 Å². The number of aryl methyl sites for hydroxylation is 1. The number of hydrogen-bond acceptors (Lipinski definition) is 5. The Hall–Kier alpha value is -1.76. The van der Waals surface area contributed by atoms with E-state index >= 15 is 0 Å². The van der Waals surface area contributed by atoms with Crippen LogP contribution in [0.3, 0.4) is 0 Å². The van der Waals surface area contributed by atoms with Crippen molar-refractivity contribution in [3.8, 4) is 0 Å². The third-order valence-corrected chi connectivity index (χ3v) is 4.08. The Labute approximate surface area is 124 Å². The molecule has 1 N–H and O–H groups in total. The van der Waals surface area contributed by atoms with Gasteiger partial charge < -0.3 is 4.57 Å². The van der Waals surface area contributed by atoms with Crippen molar-refractivity contribution in [2.75, 3.05) is 0 Å². The van der Waals surface area contributed by atoms with E-state index in [9.17, 15) is 9.59 Å². The molecular weight excluding hydrogens is 270 g/mol. The second-order valence-electron chi connectivity index (χ2n) is 5.52. The van der Waals surface area contributed by atoms with Crippen LogP contribution in [0.1, 0.15) is 51.9 Å². The molecule has 116 valence electrons. The predicted molar refractivity (Wildman–Crippen MR) is 77.2 cm³/mol. The average Bonchev–Trinajstić information content (AvgIpc) is 2.99. The van der Waals surface area contributed by atoms with Gasteiger partial charge in [0.1, 0.15) is 12.2 Å². The minimum atomic E-state index is -0.468. The number of nitrogens with one attached hydrogen (secondary N) is 1. The van der Waals surface area contributed by atoms with Crippen molar-refractivity contribution < 1.29 is 9.59 Å². The fourth-order valence-corrected chi connectivity index (χ4v) is 2.88. The molecule has 2 rings (SSSR count). The van der Waals surface area contributed by atoms with Crippen molar-refractivity contribution in [1.82, 2.24) is 25.0 Å². The van der Waals surface area contributed by atoms with E-state index in [-0.39, 0.29) is 30.3 Å². The molecule has 0 saturated carbocycles. The Morgan fingerprint density at radius 3 is 2.57 bits per heavy atom. The number of hydrogen-bond donors (Lipinski definition) is 1. The molecule has 1 aliphatic heterocycles. The summed E-state index contributed by atoms with van der Waals surface area (Å²) >= 11 is 0. The van der Waals surface area contributed by atoms with E-state index in [1.807, 2.05) is 27.8 Å². The van der Waals surface area contributed by atoms with E-state index < -0.39 is 6.04 Å². The van der Waals surface area contributed by atoms with E-state index in [0.29, 0.717) is 0 Å². The lowest BCUT2D eigenvalue weighted by molar-refractivity contribution is -0.141. The number of carbonyl (C=O) groups excluding carboxylic acids is 2. The first-order chi connectivity index (χ1) is 9.99. The zero-order chi connectivity index (χ0) is 15.6. The number of rotatable bonds is 6. The number of imide groups is 1. The molecule has 0 aliphatic carbocycles. The van der Waals surface area contributed by atoms with Crippen LogP contribution in [0.15, 0.2) is 6.33 Å². The molecule has 0 bridgehead atoms. The largest absolute Gasteiger partial charge is 0.319 e. The van der Waals surface area contributed by atoms with Crippen LogP contribution < -0.4 is 5.32 Å². The van der Waals surface area contributed by atoms with Crippen LogP contribution in [-0.4, -0.2) is 43.6 Å². The van der Waals surface area contributed by atoms with Gasteiger partial charge in [-0.05, 0) is 19.8 Å². The third kappa shape index (κ3) is 2.97. The minimum absolute atomic E-state index is 0.00179. The normalized spacial score (nSPS) is 20.6. The van der Waals surface area contributed by atoms with Gasteiger partial charge in [-0.1, -0.05) is 13.8 Å². The molecule has 2 amide bonds. The summed E-state index contributed by atoms with van der Waals surface area (Å²) in [6.45, 7) is 5.91. The Morgan fingerprint density at radius 1 is 1.38 bits per heavy atom. The maximum absolute atomic E-state index is 12.5. The number of carbonyl (C=O) groups is 2. The van der Waals surface area contributed by atoms with Crippen LogP contribution >= 0.6 is 0 Å². The first-order valence-corrected chi connectivity index (χ1v) is 7.45. The second kappa shape index (κ2) is 6.34. The Morgan fingerprint density at radius 2 is 2.05 bits per heavy atom. The Balaban J connectivity index is 2.07. The van der Waals surface area contributed by atoms with E-state index in [1.165, 1.54) is 4.90 Å². The summed E-state index contributed by atoms with van der Waals surface area (Å²) in [5.74, 6) is 0.537. The molecule has 2 atom stereocenters. The molecule has 1 saturated heterocycles. The molecule has 0 spiro atoms. The Bertz CT molecular complexity index is 523. The summed E-state index contributed by atoms with van der Waals surface area (Å²) in [4.78, 5) is 26.0. The second-order valence-corrected chi connectivity index (χ2v) is 5.52. The highest BCUT2D eigenvalue weighted by molar-refractivity contribution is 6.05. The molecule has 1 aromatic rings. The average molecular weight is 293 g/mol. The first-order valence-electron chi connectivity index (χ1n) is 7.45. The van der Waals surface area contributed by atoms with Gasteiger partial charge in [-0.25, -0.2) is 0 Å². The quantitative estimate of drug-likeness (QED) is 0.784. The van der Waals surface area contributed by atoms with E-state index in [0.717, 1.165) is 18.7 Å². The smallest absolute Gasteiger partial charge is 0.247 e. The first kappa shape index (κ1) is 15.6. The number of aromatic nitrogens is 3. The van der Waals surface area contributed by atoms with Crippen molar-refractivity contribution in [2.45, 2.75) is 58.2 Å². The molecule has 7 nitrogen and oxygen atoms in total.